The molecule has 1 aliphatic heterocycles. The fraction of sp³-hybridized carbons (Fsp3) is 0.333. The van der Waals surface area contributed by atoms with Gasteiger partial charge in [0.15, 0.2) is 12.2 Å². The Morgan fingerprint density at radius 1 is 1.39 bits per heavy atom. The van der Waals surface area contributed by atoms with Crippen LogP contribution in [0.3, 0.4) is 0 Å². The van der Waals surface area contributed by atoms with Crippen LogP contribution < -0.4 is 4.57 Å². The number of hydrogen-bond acceptors (Lipinski definition) is 3. The second kappa shape index (κ2) is 8.98. The molecule has 0 amide bonds. The summed E-state index contributed by atoms with van der Waals surface area (Å²) in [5.41, 5.74) is 6.16. The molecule has 0 radical (unpaired) electrons. The fourth-order valence-corrected chi connectivity index (χ4v) is 3.90. The van der Waals surface area contributed by atoms with E-state index in [1.165, 1.54) is 0 Å². The Balaban J connectivity index is 2.76. The Hall–Kier alpha value is -2.72. The van der Waals surface area contributed by atoms with Gasteiger partial charge in [-0.25, -0.2) is 0 Å². The summed E-state index contributed by atoms with van der Waals surface area (Å²) in [7, 11) is 1.68. The average molecular weight is 380 g/mol. The molecular weight excluding hydrogens is 348 g/mol. The van der Waals surface area contributed by atoms with Crippen molar-refractivity contribution in [3.05, 3.63) is 78.4 Å². The number of methoxy groups -OCH3 is 1. The molecule has 2 heterocycles. The second-order valence-electron chi connectivity index (χ2n) is 7.31. The molecule has 0 saturated carbocycles. The number of fused-ring (bicyclic) bond motifs is 1. The number of aromatic nitrogens is 1. The molecule has 28 heavy (non-hydrogen) atoms. The van der Waals surface area contributed by atoms with E-state index < -0.39 is 0 Å². The van der Waals surface area contributed by atoms with Crippen molar-refractivity contribution in [2.75, 3.05) is 13.7 Å². The van der Waals surface area contributed by atoms with Gasteiger partial charge >= 0.3 is 0 Å². The van der Waals surface area contributed by atoms with Gasteiger partial charge in [-0.3, -0.25) is 0 Å². The van der Waals surface area contributed by atoms with Crippen molar-refractivity contribution in [2.45, 2.75) is 32.7 Å². The summed E-state index contributed by atoms with van der Waals surface area (Å²) < 4.78 is 7.54. The molecule has 1 aliphatic rings. The largest absolute Gasteiger partial charge is 0.513 e. The van der Waals surface area contributed by atoms with Gasteiger partial charge in [0.1, 0.15) is 0 Å². The SMILES string of the molecule is C=Cc1cc[n+]2c(c1C)C(=C)/C(=C\C(=C)C(C)=N)C(CCOC)C2CC(=C)O. The van der Waals surface area contributed by atoms with Crippen LogP contribution in [-0.4, -0.2) is 24.5 Å². The van der Waals surface area contributed by atoms with Crippen LogP contribution in [0.2, 0.25) is 0 Å². The molecule has 2 rings (SSSR count). The van der Waals surface area contributed by atoms with E-state index in [2.05, 4.69) is 37.8 Å². The van der Waals surface area contributed by atoms with Gasteiger partial charge in [-0.2, -0.15) is 4.57 Å². The molecule has 1 aromatic heterocycles. The molecule has 2 N–H and O–H groups in total. The average Bonchev–Trinajstić information content (AvgIpc) is 2.64. The van der Waals surface area contributed by atoms with E-state index in [9.17, 15) is 5.11 Å². The van der Waals surface area contributed by atoms with Gasteiger partial charge in [-0.05, 0) is 43.1 Å². The monoisotopic (exact) mass is 379 g/mol. The molecule has 0 aliphatic carbocycles. The molecule has 0 fully saturated rings. The van der Waals surface area contributed by atoms with Crippen molar-refractivity contribution in [3.63, 3.8) is 0 Å². The van der Waals surface area contributed by atoms with Crippen molar-refractivity contribution in [2.24, 2.45) is 5.92 Å². The zero-order valence-corrected chi connectivity index (χ0v) is 17.2. The van der Waals surface area contributed by atoms with Gasteiger partial charge in [0.25, 0.3) is 0 Å². The predicted octanol–water partition coefficient (Wildman–Crippen LogP) is 5.13. The van der Waals surface area contributed by atoms with Crippen LogP contribution in [0, 0.1) is 18.3 Å². The minimum absolute atomic E-state index is 0.0317. The van der Waals surface area contributed by atoms with Gasteiger partial charge in [0, 0.05) is 42.5 Å². The van der Waals surface area contributed by atoms with Crippen LogP contribution in [0.25, 0.3) is 11.6 Å². The lowest BCUT2D eigenvalue weighted by atomic mass is 9.76. The lowest BCUT2D eigenvalue weighted by Gasteiger charge is -2.33. The number of ether oxygens (including phenoxy) is 1. The van der Waals surface area contributed by atoms with Gasteiger partial charge in [0.05, 0.1) is 12.2 Å². The van der Waals surface area contributed by atoms with Crippen LogP contribution >= 0.6 is 0 Å². The van der Waals surface area contributed by atoms with Crippen molar-refractivity contribution < 1.29 is 14.4 Å². The van der Waals surface area contributed by atoms with Crippen molar-refractivity contribution in [1.29, 1.82) is 5.41 Å². The van der Waals surface area contributed by atoms with E-state index in [1.807, 2.05) is 24.4 Å². The summed E-state index contributed by atoms with van der Waals surface area (Å²) in [6.45, 7) is 20.4. The molecular formula is C24H31N2O2+. The standard InChI is InChI=1S/C24H30N2O2/c1-8-20-9-11-26-23(14-16(3)27)21(10-12-28-7)22(13-15(2)19(6)25)18(5)24(26)17(20)4/h8-9,11,13,21,23,25H,1-3,5,10,12,14H2,4,6-7H3/p+1/b22-13+,25-19?. The number of nitrogens with one attached hydrogen (secondary N) is 1. The first kappa shape index (κ1) is 21.6. The van der Waals surface area contributed by atoms with Crippen molar-refractivity contribution in [1.82, 2.24) is 0 Å². The first-order valence-electron chi connectivity index (χ1n) is 9.41. The maximum atomic E-state index is 10.0. The van der Waals surface area contributed by atoms with Gasteiger partial charge < -0.3 is 15.3 Å². The third kappa shape index (κ3) is 4.23. The molecule has 0 bridgehead atoms. The number of nitrogens with zero attached hydrogens (tertiary/aromatic N) is 1. The van der Waals surface area contributed by atoms with Crippen LogP contribution in [0.5, 0.6) is 0 Å². The normalized spacial score (nSPS) is 20.0. The van der Waals surface area contributed by atoms with E-state index in [4.69, 9.17) is 10.1 Å². The minimum atomic E-state index is -0.0317. The summed E-state index contributed by atoms with van der Waals surface area (Å²) in [6.07, 6.45) is 7.02. The highest BCUT2D eigenvalue weighted by atomic mass is 16.5. The fourth-order valence-electron chi connectivity index (χ4n) is 3.90. The Morgan fingerprint density at radius 3 is 2.61 bits per heavy atom. The maximum absolute atomic E-state index is 10.0. The topological polar surface area (TPSA) is 57.2 Å². The Kier molecular flexibility index (Phi) is 6.92. The quantitative estimate of drug-likeness (QED) is 0.374. The van der Waals surface area contributed by atoms with E-state index in [-0.39, 0.29) is 17.7 Å². The number of hydrogen-bond donors (Lipinski definition) is 2. The Morgan fingerprint density at radius 2 is 2.07 bits per heavy atom. The Bertz CT molecular complexity index is 877. The lowest BCUT2D eigenvalue weighted by Crippen LogP contribution is -2.51. The highest BCUT2D eigenvalue weighted by Gasteiger charge is 2.42. The predicted molar refractivity (Wildman–Crippen MR) is 117 cm³/mol. The summed E-state index contributed by atoms with van der Waals surface area (Å²) in [4.78, 5) is 0. The van der Waals surface area contributed by atoms with Gasteiger partial charge in [0.2, 0.25) is 5.69 Å². The van der Waals surface area contributed by atoms with Crippen LogP contribution in [0.1, 0.15) is 42.6 Å². The molecule has 2 unspecified atom stereocenters. The van der Waals surface area contributed by atoms with Gasteiger partial charge in [-0.1, -0.05) is 32.4 Å². The molecule has 0 spiro atoms. The number of allylic oxidation sites excluding steroid dienone is 5. The Labute approximate surface area is 168 Å². The van der Waals surface area contributed by atoms with E-state index in [1.54, 1.807) is 14.0 Å². The van der Waals surface area contributed by atoms with E-state index >= 15 is 0 Å². The summed E-state index contributed by atoms with van der Waals surface area (Å²) in [5.74, 6) is 0.198. The highest BCUT2D eigenvalue weighted by Crippen LogP contribution is 2.42. The molecule has 0 saturated heterocycles. The molecule has 4 heteroatoms. The van der Waals surface area contributed by atoms with Crippen LogP contribution in [0.15, 0.2) is 61.6 Å². The minimum Gasteiger partial charge on any atom is -0.513 e. The zero-order valence-electron chi connectivity index (χ0n) is 17.2. The van der Waals surface area contributed by atoms with Gasteiger partial charge in [-0.15, -0.1) is 0 Å². The molecule has 4 nitrogen and oxygen atoms in total. The molecule has 148 valence electrons. The van der Waals surface area contributed by atoms with E-state index in [0.717, 1.165) is 34.4 Å². The number of aliphatic hydroxyl groups excluding tert-OH is 1. The number of rotatable bonds is 8. The maximum Gasteiger partial charge on any atom is 0.215 e. The smallest absolute Gasteiger partial charge is 0.215 e. The zero-order chi connectivity index (χ0) is 21.0. The number of pyridine rings is 1. The van der Waals surface area contributed by atoms with Crippen molar-refractivity contribution >= 4 is 17.4 Å². The van der Waals surface area contributed by atoms with Crippen LogP contribution in [0.4, 0.5) is 0 Å². The summed E-state index contributed by atoms with van der Waals surface area (Å²) in [5, 5.41) is 17.9. The summed E-state index contributed by atoms with van der Waals surface area (Å²) in [6, 6.07) is 2.01. The lowest BCUT2D eigenvalue weighted by molar-refractivity contribution is -0.733. The number of aliphatic hydroxyl groups is 1. The first-order chi connectivity index (χ1) is 13.2. The summed E-state index contributed by atoms with van der Waals surface area (Å²) >= 11 is 0. The van der Waals surface area contributed by atoms with Crippen LogP contribution in [-0.2, 0) is 4.74 Å². The highest BCUT2D eigenvalue weighted by molar-refractivity contribution is 5.98. The molecule has 1 aromatic rings. The first-order valence-corrected chi connectivity index (χ1v) is 9.41. The molecule has 0 aromatic carbocycles. The second-order valence-corrected chi connectivity index (χ2v) is 7.31. The molecule has 2 atom stereocenters. The third-order valence-corrected chi connectivity index (χ3v) is 5.43. The van der Waals surface area contributed by atoms with E-state index in [0.29, 0.717) is 24.3 Å². The third-order valence-electron chi connectivity index (χ3n) is 5.43. The van der Waals surface area contributed by atoms with Crippen molar-refractivity contribution in [3.8, 4) is 0 Å².